The fraction of sp³-hybridized carbons (Fsp3) is 0.385. The lowest BCUT2D eigenvalue weighted by Crippen LogP contribution is -2.56. The van der Waals surface area contributed by atoms with Crippen LogP contribution in [0.4, 0.5) is 0 Å². The van der Waals surface area contributed by atoms with Gasteiger partial charge in [0.2, 0.25) is 5.91 Å². The lowest BCUT2D eigenvalue weighted by molar-refractivity contribution is -0.124. The molecule has 5 nitrogen and oxygen atoms in total. The topological polar surface area (TPSA) is 82.2 Å². The molecule has 2 rings (SSSR count). The van der Waals surface area contributed by atoms with Gasteiger partial charge in [-0.2, -0.15) is 5.26 Å². The first-order valence-corrected chi connectivity index (χ1v) is 5.94. The van der Waals surface area contributed by atoms with Gasteiger partial charge in [-0.3, -0.25) is 9.69 Å². The number of nitrogens with two attached hydrogens (primary N) is 1. The molecule has 1 amide bonds. The van der Waals surface area contributed by atoms with Gasteiger partial charge < -0.3 is 11.1 Å². The van der Waals surface area contributed by atoms with E-state index in [1.807, 2.05) is 23.1 Å². The second-order valence-corrected chi connectivity index (χ2v) is 4.36. The Morgan fingerprint density at radius 2 is 2.33 bits per heavy atom. The number of nitriles is 1. The largest absolute Gasteiger partial charge is 0.368 e. The molecule has 94 valence electrons. The third-order valence-corrected chi connectivity index (χ3v) is 3.19. The number of rotatable bonds is 3. The van der Waals surface area contributed by atoms with Gasteiger partial charge in [0.15, 0.2) is 0 Å². The SMILES string of the molecule is N#Cc1ccccc1CN1CCNCC1C(N)=O. The highest BCUT2D eigenvalue weighted by atomic mass is 16.1. The second kappa shape index (κ2) is 5.63. The van der Waals surface area contributed by atoms with E-state index >= 15 is 0 Å². The van der Waals surface area contributed by atoms with Crippen LogP contribution in [0.5, 0.6) is 0 Å². The Hall–Kier alpha value is -1.90. The molecular weight excluding hydrogens is 228 g/mol. The average Bonchev–Trinajstić information content (AvgIpc) is 2.40. The predicted octanol–water partition coefficient (Wildman–Crippen LogP) is -0.183. The van der Waals surface area contributed by atoms with Crippen molar-refractivity contribution in [2.75, 3.05) is 19.6 Å². The first-order valence-electron chi connectivity index (χ1n) is 5.94. The fourth-order valence-corrected chi connectivity index (χ4v) is 2.20. The molecule has 1 aromatic carbocycles. The standard InChI is InChI=1S/C13H16N4O/c14-7-10-3-1-2-4-11(10)9-17-6-5-16-8-12(17)13(15)18/h1-4,12,16H,5-6,8-9H2,(H2,15,18). The van der Waals surface area contributed by atoms with Crippen molar-refractivity contribution >= 4 is 5.91 Å². The van der Waals surface area contributed by atoms with Crippen molar-refractivity contribution in [2.45, 2.75) is 12.6 Å². The number of benzene rings is 1. The summed E-state index contributed by atoms with van der Waals surface area (Å²) < 4.78 is 0. The molecule has 1 aromatic rings. The quantitative estimate of drug-likeness (QED) is 0.772. The molecule has 0 aromatic heterocycles. The van der Waals surface area contributed by atoms with Crippen molar-refractivity contribution in [1.82, 2.24) is 10.2 Å². The Bertz CT molecular complexity index is 480. The van der Waals surface area contributed by atoms with Crippen LogP contribution in [0.2, 0.25) is 0 Å². The number of amides is 1. The molecule has 1 aliphatic heterocycles. The van der Waals surface area contributed by atoms with Crippen molar-refractivity contribution in [3.05, 3.63) is 35.4 Å². The number of carbonyl (C=O) groups excluding carboxylic acids is 1. The van der Waals surface area contributed by atoms with Crippen LogP contribution in [0, 0.1) is 11.3 Å². The fourth-order valence-electron chi connectivity index (χ4n) is 2.20. The molecule has 0 aliphatic carbocycles. The normalized spacial score (nSPS) is 20.3. The van der Waals surface area contributed by atoms with Gasteiger partial charge in [0.1, 0.15) is 6.04 Å². The number of nitrogens with one attached hydrogen (secondary N) is 1. The molecule has 0 spiro atoms. The van der Waals surface area contributed by atoms with E-state index in [1.54, 1.807) is 6.07 Å². The maximum absolute atomic E-state index is 11.4. The zero-order chi connectivity index (χ0) is 13.0. The van der Waals surface area contributed by atoms with E-state index in [-0.39, 0.29) is 11.9 Å². The van der Waals surface area contributed by atoms with Crippen LogP contribution >= 0.6 is 0 Å². The minimum atomic E-state index is -0.323. The van der Waals surface area contributed by atoms with Gasteiger partial charge in [0.25, 0.3) is 0 Å². The zero-order valence-electron chi connectivity index (χ0n) is 10.1. The van der Waals surface area contributed by atoms with Crippen molar-refractivity contribution in [3.63, 3.8) is 0 Å². The second-order valence-electron chi connectivity index (χ2n) is 4.36. The van der Waals surface area contributed by atoms with Gasteiger partial charge in [-0.25, -0.2) is 0 Å². The number of hydrogen-bond acceptors (Lipinski definition) is 4. The molecule has 1 unspecified atom stereocenters. The van der Waals surface area contributed by atoms with E-state index < -0.39 is 0 Å². The van der Waals surface area contributed by atoms with Gasteiger partial charge >= 0.3 is 0 Å². The van der Waals surface area contributed by atoms with Crippen LogP contribution in [-0.2, 0) is 11.3 Å². The number of nitrogens with zero attached hydrogens (tertiary/aromatic N) is 2. The van der Waals surface area contributed by atoms with Crippen LogP contribution < -0.4 is 11.1 Å². The molecule has 0 bridgehead atoms. The average molecular weight is 244 g/mol. The van der Waals surface area contributed by atoms with Gasteiger partial charge in [0, 0.05) is 26.2 Å². The number of carbonyl (C=O) groups is 1. The molecule has 18 heavy (non-hydrogen) atoms. The monoisotopic (exact) mass is 244 g/mol. The number of primary amides is 1. The Labute approximate surface area is 106 Å². The summed E-state index contributed by atoms with van der Waals surface area (Å²) in [5, 5.41) is 12.2. The van der Waals surface area contributed by atoms with Gasteiger partial charge in [0.05, 0.1) is 11.6 Å². The molecule has 1 aliphatic rings. The molecule has 0 saturated carbocycles. The summed E-state index contributed by atoms with van der Waals surface area (Å²) in [7, 11) is 0. The van der Waals surface area contributed by atoms with E-state index in [4.69, 9.17) is 11.0 Å². The first kappa shape index (κ1) is 12.6. The van der Waals surface area contributed by atoms with Crippen LogP contribution in [0.15, 0.2) is 24.3 Å². The summed E-state index contributed by atoms with van der Waals surface area (Å²) in [6, 6.07) is 9.31. The van der Waals surface area contributed by atoms with Crippen LogP contribution in [0.25, 0.3) is 0 Å². The molecule has 1 atom stereocenters. The van der Waals surface area contributed by atoms with Gasteiger partial charge in [-0.15, -0.1) is 0 Å². The van der Waals surface area contributed by atoms with E-state index in [9.17, 15) is 4.79 Å². The van der Waals surface area contributed by atoms with Gasteiger partial charge in [-0.05, 0) is 11.6 Å². The van der Waals surface area contributed by atoms with E-state index in [1.165, 1.54) is 0 Å². The lowest BCUT2D eigenvalue weighted by Gasteiger charge is -2.34. The van der Waals surface area contributed by atoms with Crippen molar-refractivity contribution in [3.8, 4) is 6.07 Å². The van der Waals surface area contributed by atoms with E-state index in [0.29, 0.717) is 18.7 Å². The molecular formula is C13H16N4O. The minimum absolute atomic E-state index is 0.300. The van der Waals surface area contributed by atoms with Gasteiger partial charge in [-0.1, -0.05) is 18.2 Å². The Morgan fingerprint density at radius 3 is 3.06 bits per heavy atom. The van der Waals surface area contributed by atoms with Crippen molar-refractivity contribution in [2.24, 2.45) is 5.73 Å². The summed E-state index contributed by atoms with van der Waals surface area (Å²) >= 11 is 0. The summed E-state index contributed by atoms with van der Waals surface area (Å²) in [5.74, 6) is -0.323. The Balaban J connectivity index is 2.16. The first-order chi connectivity index (χ1) is 8.72. The maximum Gasteiger partial charge on any atom is 0.236 e. The number of piperazine rings is 1. The summed E-state index contributed by atoms with van der Waals surface area (Å²) in [5.41, 5.74) is 6.99. The van der Waals surface area contributed by atoms with Crippen molar-refractivity contribution in [1.29, 1.82) is 5.26 Å². The smallest absolute Gasteiger partial charge is 0.236 e. The number of hydrogen-bond donors (Lipinski definition) is 2. The van der Waals surface area contributed by atoms with E-state index in [2.05, 4.69) is 11.4 Å². The molecule has 1 fully saturated rings. The van der Waals surface area contributed by atoms with E-state index in [0.717, 1.165) is 18.7 Å². The molecule has 5 heteroatoms. The Morgan fingerprint density at radius 1 is 1.56 bits per heavy atom. The maximum atomic E-state index is 11.4. The summed E-state index contributed by atoms with van der Waals surface area (Å²) in [6.45, 7) is 2.74. The lowest BCUT2D eigenvalue weighted by atomic mass is 10.1. The molecule has 1 heterocycles. The third kappa shape index (κ3) is 2.67. The molecule has 0 radical (unpaired) electrons. The summed E-state index contributed by atoms with van der Waals surface area (Å²) in [4.78, 5) is 13.4. The Kier molecular flexibility index (Phi) is 3.92. The molecule has 1 saturated heterocycles. The predicted molar refractivity (Wildman–Crippen MR) is 67.4 cm³/mol. The highest BCUT2D eigenvalue weighted by Crippen LogP contribution is 2.13. The van der Waals surface area contributed by atoms with Crippen LogP contribution in [-0.4, -0.2) is 36.5 Å². The zero-order valence-corrected chi connectivity index (χ0v) is 10.1. The van der Waals surface area contributed by atoms with Crippen LogP contribution in [0.3, 0.4) is 0 Å². The third-order valence-electron chi connectivity index (χ3n) is 3.19. The van der Waals surface area contributed by atoms with Crippen molar-refractivity contribution < 1.29 is 4.79 Å². The summed E-state index contributed by atoms with van der Waals surface area (Å²) in [6.07, 6.45) is 0. The highest BCUT2D eigenvalue weighted by Gasteiger charge is 2.26. The molecule has 3 N–H and O–H groups in total. The van der Waals surface area contributed by atoms with Crippen LogP contribution in [0.1, 0.15) is 11.1 Å². The minimum Gasteiger partial charge on any atom is -0.368 e. The highest BCUT2D eigenvalue weighted by molar-refractivity contribution is 5.80.